The maximum Gasteiger partial charge on any atom is 0.336 e. The number of fused-ring (bicyclic) bond motifs is 1. The van der Waals surface area contributed by atoms with E-state index in [0.717, 1.165) is 17.1 Å². The summed E-state index contributed by atoms with van der Waals surface area (Å²) in [5.74, 6) is 0.493. The zero-order valence-corrected chi connectivity index (χ0v) is 16.6. The zero-order chi connectivity index (χ0) is 18.7. The molecule has 8 heteroatoms. The molecule has 2 N–H and O–H groups in total. The van der Waals surface area contributed by atoms with E-state index in [1.54, 1.807) is 6.92 Å². The number of hydrogen-bond donors (Lipinski definition) is 2. The Morgan fingerprint density at radius 1 is 1.42 bits per heavy atom. The van der Waals surface area contributed by atoms with Crippen LogP contribution in [0.25, 0.3) is 0 Å². The summed E-state index contributed by atoms with van der Waals surface area (Å²) in [5, 5.41) is 5.65. The Balaban J connectivity index is 2.14. The highest BCUT2D eigenvalue weighted by atomic mass is 32.2. The van der Waals surface area contributed by atoms with Crippen LogP contribution in [-0.4, -0.2) is 28.3 Å². The second-order valence-corrected chi connectivity index (χ2v) is 7.88. The molecule has 2 aromatic heterocycles. The number of nitrogens with one attached hydrogen (secondary N) is 2. The van der Waals surface area contributed by atoms with Crippen molar-refractivity contribution in [3.63, 3.8) is 0 Å². The normalized spacial score (nSPS) is 16.2. The van der Waals surface area contributed by atoms with Crippen LogP contribution in [-0.2, 0) is 9.53 Å². The Morgan fingerprint density at radius 2 is 2.23 bits per heavy atom. The van der Waals surface area contributed by atoms with Crippen molar-refractivity contribution >= 4 is 34.9 Å². The maximum atomic E-state index is 12.9. The molecular formula is C18H21N3O3S2. The van der Waals surface area contributed by atoms with Crippen molar-refractivity contribution in [3.8, 4) is 0 Å². The van der Waals surface area contributed by atoms with Crippen molar-refractivity contribution in [3.05, 3.63) is 49.6 Å². The Bertz CT molecular complexity index is 888. The standard InChI is InChI=1S/C18H21N3O3S2/c1-4-8-26-18-20-15-14(16(22)21-18)13(11-7-6-9-25-11)12(10(3)19-15)17(23)24-5-2/h6-7,9,13H,4-5,8H2,1-3H3,(H2,19,20,21,22)/t13-/m0/s1. The number of anilines is 1. The predicted octanol–water partition coefficient (Wildman–Crippen LogP) is 3.73. The van der Waals surface area contributed by atoms with E-state index in [9.17, 15) is 9.59 Å². The van der Waals surface area contributed by atoms with Gasteiger partial charge in [-0.3, -0.25) is 4.79 Å². The molecule has 0 spiro atoms. The van der Waals surface area contributed by atoms with Crippen molar-refractivity contribution in [1.29, 1.82) is 0 Å². The second kappa shape index (κ2) is 8.09. The highest BCUT2D eigenvalue weighted by molar-refractivity contribution is 7.99. The molecule has 0 radical (unpaired) electrons. The lowest BCUT2D eigenvalue weighted by Crippen LogP contribution is -2.30. The minimum atomic E-state index is -0.480. The van der Waals surface area contributed by atoms with Crippen LogP contribution < -0.4 is 10.9 Å². The van der Waals surface area contributed by atoms with Gasteiger partial charge in [-0.15, -0.1) is 11.3 Å². The number of thiophene rings is 1. The number of carbonyl (C=O) groups excluding carboxylic acids is 1. The van der Waals surface area contributed by atoms with Crippen LogP contribution in [0.2, 0.25) is 0 Å². The molecule has 1 atom stereocenters. The fourth-order valence-electron chi connectivity index (χ4n) is 2.92. The van der Waals surface area contributed by atoms with Gasteiger partial charge >= 0.3 is 5.97 Å². The molecule has 3 rings (SSSR count). The van der Waals surface area contributed by atoms with Crippen molar-refractivity contribution < 1.29 is 9.53 Å². The maximum absolute atomic E-state index is 12.9. The van der Waals surface area contributed by atoms with Gasteiger partial charge in [-0.25, -0.2) is 9.78 Å². The summed E-state index contributed by atoms with van der Waals surface area (Å²) in [6.45, 7) is 5.94. The minimum absolute atomic E-state index is 0.228. The Kier molecular flexibility index (Phi) is 5.83. The van der Waals surface area contributed by atoms with Crippen LogP contribution in [0.5, 0.6) is 0 Å². The lowest BCUT2D eigenvalue weighted by atomic mass is 9.86. The first-order valence-corrected chi connectivity index (χ1v) is 10.4. The number of hydrogen-bond acceptors (Lipinski definition) is 7. The van der Waals surface area contributed by atoms with Crippen molar-refractivity contribution in [2.45, 2.75) is 38.3 Å². The lowest BCUT2D eigenvalue weighted by molar-refractivity contribution is -0.138. The number of aromatic amines is 1. The number of allylic oxidation sites excluding steroid dienone is 1. The van der Waals surface area contributed by atoms with E-state index in [4.69, 9.17) is 4.74 Å². The molecule has 138 valence electrons. The van der Waals surface area contributed by atoms with E-state index < -0.39 is 11.9 Å². The number of ether oxygens (including phenoxy) is 1. The summed E-state index contributed by atoms with van der Waals surface area (Å²) in [6, 6.07) is 3.84. The average Bonchev–Trinajstić information content (AvgIpc) is 3.13. The van der Waals surface area contributed by atoms with Crippen molar-refractivity contribution in [2.75, 3.05) is 17.7 Å². The number of carbonyl (C=O) groups is 1. The molecule has 1 aliphatic rings. The number of esters is 1. The summed E-state index contributed by atoms with van der Waals surface area (Å²) in [6.07, 6.45) is 0.989. The van der Waals surface area contributed by atoms with Crippen molar-refractivity contribution in [1.82, 2.24) is 9.97 Å². The number of rotatable bonds is 6. The topological polar surface area (TPSA) is 84.1 Å². The van der Waals surface area contributed by atoms with Crippen LogP contribution in [0, 0.1) is 0 Å². The number of nitrogens with zero attached hydrogens (tertiary/aromatic N) is 1. The Hall–Kier alpha value is -2.06. The summed E-state index contributed by atoms with van der Waals surface area (Å²) in [4.78, 5) is 33.8. The Morgan fingerprint density at radius 3 is 2.88 bits per heavy atom. The summed E-state index contributed by atoms with van der Waals surface area (Å²) < 4.78 is 5.24. The fourth-order valence-corrected chi connectivity index (χ4v) is 4.48. The van der Waals surface area contributed by atoms with Gasteiger partial charge in [0.05, 0.1) is 23.7 Å². The minimum Gasteiger partial charge on any atom is -0.463 e. The number of thioether (sulfide) groups is 1. The summed E-state index contributed by atoms with van der Waals surface area (Å²) in [5.41, 5.74) is 1.36. The van der Waals surface area contributed by atoms with Crippen LogP contribution in [0.1, 0.15) is 43.6 Å². The lowest BCUT2D eigenvalue weighted by Gasteiger charge is -2.27. The molecule has 6 nitrogen and oxygen atoms in total. The smallest absolute Gasteiger partial charge is 0.336 e. The van der Waals surface area contributed by atoms with Gasteiger partial charge < -0.3 is 15.0 Å². The van der Waals surface area contributed by atoms with Gasteiger partial charge in [-0.1, -0.05) is 24.8 Å². The molecule has 1 aliphatic heterocycles. The van der Waals surface area contributed by atoms with E-state index in [-0.39, 0.29) is 12.2 Å². The molecule has 0 fully saturated rings. The van der Waals surface area contributed by atoms with Crippen LogP contribution >= 0.6 is 23.1 Å². The van der Waals surface area contributed by atoms with E-state index in [1.165, 1.54) is 23.1 Å². The van der Waals surface area contributed by atoms with E-state index in [0.29, 0.717) is 27.8 Å². The monoisotopic (exact) mass is 391 g/mol. The molecule has 0 unspecified atom stereocenters. The fraction of sp³-hybridized carbons (Fsp3) is 0.389. The molecule has 3 heterocycles. The van der Waals surface area contributed by atoms with Crippen LogP contribution in [0.3, 0.4) is 0 Å². The highest BCUT2D eigenvalue weighted by Crippen LogP contribution is 2.41. The molecule has 0 bridgehead atoms. The molecule has 0 aliphatic carbocycles. The first-order valence-electron chi connectivity index (χ1n) is 8.52. The summed E-state index contributed by atoms with van der Waals surface area (Å²) in [7, 11) is 0. The first-order chi connectivity index (χ1) is 12.6. The first kappa shape index (κ1) is 18.7. The molecule has 0 amide bonds. The van der Waals surface area contributed by atoms with Crippen molar-refractivity contribution in [2.24, 2.45) is 0 Å². The van der Waals surface area contributed by atoms with E-state index in [1.807, 2.05) is 24.4 Å². The molecule has 0 saturated carbocycles. The third-order valence-corrected chi connectivity index (χ3v) is 6.00. The molecule has 2 aromatic rings. The van der Waals surface area contributed by atoms with Gasteiger partial charge in [0, 0.05) is 16.3 Å². The van der Waals surface area contributed by atoms with Gasteiger partial charge in [0.2, 0.25) is 0 Å². The average molecular weight is 392 g/mol. The summed E-state index contributed by atoms with van der Waals surface area (Å²) >= 11 is 3.02. The van der Waals surface area contributed by atoms with E-state index in [2.05, 4.69) is 22.2 Å². The van der Waals surface area contributed by atoms with Gasteiger partial charge in [0.25, 0.3) is 5.56 Å². The quantitative estimate of drug-likeness (QED) is 0.443. The number of aromatic nitrogens is 2. The molecule has 0 aromatic carbocycles. The number of H-pyrrole nitrogens is 1. The molecule has 0 saturated heterocycles. The highest BCUT2D eigenvalue weighted by Gasteiger charge is 2.36. The third kappa shape index (κ3) is 3.57. The van der Waals surface area contributed by atoms with Gasteiger partial charge in [0.15, 0.2) is 5.16 Å². The molecular weight excluding hydrogens is 370 g/mol. The SMILES string of the molecule is CCCSc1nc2c(c(=O)[nH]1)[C@@H](c1cccs1)C(C(=O)OCC)=C(C)N2. The second-order valence-electron chi connectivity index (χ2n) is 5.81. The predicted molar refractivity (Wildman–Crippen MR) is 105 cm³/mol. The van der Waals surface area contributed by atoms with Gasteiger partial charge in [-0.05, 0) is 31.7 Å². The van der Waals surface area contributed by atoms with Gasteiger partial charge in [-0.2, -0.15) is 0 Å². The Labute approximate surface area is 160 Å². The van der Waals surface area contributed by atoms with Gasteiger partial charge in [0.1, 0.15) is 5.82 Å². The van der Waals surface area contributed by atoms with Crippen LogP contribution in [0.4, 0.5) is 5.82 Å². The molecule has 26 heavy (non-hydrogen) atoms. The largest absolute Gasteiger partial charge is 0.463 e. The van der Waals surface area contributed by atoms with Crippen LogP contribution in [0.15, 0.2) is 38.7 Å². The van der Waals surface area contributed by atoms with E-state index >= 15 is 0 Å². The zero-order valence-electron chi connectivity index (χ0n) is 14.9. The third-order valence-electron chi connectivity index (χ3n) is 3.99.